The van der Waals surface area contributed by atoms with Crippen LogP contribution >= 0.6 is 0 Å². The molecule has 2 aliphatic carbocycles. The number of hydrogen-bond donors (Lipinski definition) is 1. The molecule has 1 aliphatic heterocycles. The van der Waals surface area contributed by atoms with Crippen molar-refractivity contribution >= 4 is 28.5 Å². The molecule has 32 heavy (non-hydrogen) atoms. The molecule has 2 aromatic heterocycles. The van der Waals surface area contributed by atoms with Crippen molar-refractivity contribution in [3.05, 3.63) is 24.2 Å². The van der Waals surface area contributed by atoms with Gasteiger partial charge >= 0.3 is 0 Å². The summed E-state index contributed by atoms with van der Waals surface area (Å²) in [4.78, 5) is 44.1. The molecule has 2 unspecified atom stereocenters. The second-order valence-corrected chi connectivity index (χ2v) is 10.0. The molecule has 2 saturated carbocycles. The third-order valence-corrected chi connectivity index (χ3v) is 7.68. The molecule has 8 nitrogen and oxygen atoms in total. The first-order chi connectivity index (χ1) is 15.4. The van der Waals surface area contributed by atoms with Crippen LogP contribution in [0.5, 0.6) is 0 Å². The highest BCUT2D eigenvalue weighted by Gasteiger charge is 2.55. The van der Waals surface area contributed by atoms with Crippen molar-refractivity contribution in [2.45, 2.75) is 76.9 Å². The number of carbonyl (C=O) groups is 3. The lowest BCUT2D eigenvalue weighted by Gasteiger charge is -2.29. The molecule has 0 radical (unpaired) electrons. The third kappa shape index (κ3) is 3.91. The lowest BCUT2D eigenvalue weighted by Crippen LogP contribution is -2.44. The van der Waals surface area contributed by atoms with E-state index in [1.807, 2.05) is 4.90 Å². The van der Waals surface area contributed by atoms with Gasteiger partial charge in [0.1, 0.15) is 6.54 Å². The molecule has 2 amide bonds. The predicted octanol–water partition coefficient (Wildman–Crippen LogP) is 2.70. The maximum absolute atomic E-state index is 13.3. The van der Waals surface area contributed by atoms with E-state index < -0.39 is 5.91 Å². The van der Waals surface area contributed by atoms with Crippen molar-refractivity contribution in [2.24, 2.45) is 23.5 Å². The number of nitrogens with two attached hydrogens (primary N) is 1. The van der Waals surface area contributed by atoms with Crippen LogP contribution in [0.4, 0.5) is 0 Å². The topological polar surface area (TPSA) is 111 Å². The van der Waals surface area contributed by atoms with E-state index in [9.17, 15) is 14.4 Å². The minimum absolute atomic E-state index is 0.0252. The average molecular weight is 438 g/mol. The molecule has 3 heterocycles. The molecule has 2 N–H and O–H groups in total. The number of amides is 2. The summed E-state index contributed by atoms with van der Waals surface area (Å²) in [5, 5.41) is 4.87. The maximum Gasteiger partial charge on any atom is 0.269 e. The highest BCUT2D eigenvalue weighted by Crippen LogP contribution is 2.48. The number of pyridine rings is 1. The summed E-state index contributed by atoms with van der Waals surface area (Å²) in [5.41, 5.74) is 6.19. The van der Waals surface area contributed by atoms with Gasteiger partial charge in [0.15, 0.2) is 11.5 Å². The van der Waals surface area contributed by atoms with Gasteiger partial charge in [0.2, 0.25) is 5.91 Å². The van der Waals surface area contributed by atoms with E-state index in [2.05, 4.69) is 17.0 Å². The summed E-state index contributed by atoms with van der Waals surface area (Å²) in [6, 6.07) is 1.53. The smallest absolute Gasteiger partial charge is 0.269 e. The average Bonchev–Trinajstić information content (AvgIpc) is 3.28. The van der Waals surface area contributed by atoms with Crippen molar-refractivity contribution < 1.29 is 14.4 Å². The molecule has 0 aromatic carbocycles. The van der Waals surface area contributed by atoms with Crippen molar-refractivity contribution in [3.8, 4) is 0 Å². The fourth-order valence-corrected chi connectivity index (χ4v) is 5.97. The van der Waals surface area contributed by atoms with Gasteiger partial charge in [0.05, 0.1) is 17.8 Å². The quantitative estimate of drug-likeness (QED) is 0.716. The Hall–Kier alpha value is -2.77. The standard InChI is InChI=1S/C24H31N5O3/c1-14-3-2-4-15(9-14)5-6-21(30)19-11-16-10-18(16)29(19)22(31)13-28-20-12-26-8-7-17(20)23(27-28)24(25)32/h7-8,12,14-16,18-19H,2-6,9-11,13H2,1H3,(H2,25,32)/t14?,15?,16-,18-,19+/m1/s1. The number of primary amides is 1. The summed E-state index contributed by atoms with van der Waals surface area (Å²) in [6.45, 7) is 2.28. The molecule has 1 saturated heterocycles. The molecule has 3 aliphatic rings. The van der Waals surface area contributed by atoms with Crippen LogP contribution in [0, 0.1) is 17.8 Å². The first kappa shape index (κ1) is 21.1. The van der Waals surface area contributed by atoms with Gasteiger partial charge in [0.25, 0.3) is 5.91 Å². The second kappa shape index (κ2) is 8.30. The van der Waals surface area contributed by atoms with E-state index in [1.54, 1.807) is 18.5 Å². The van der Waals surface area contributed by atoms with E-state index in [0.29, 0.717) is 29.2 Å². The Morgan fingerprint density at radius 2 is 2.03 bits per heavy atom. The number of piperidine rings is 1. The lowest BCUT2D eigenvalue weighted by atomic mass is 9.79. The predicted molar refractivity (Wildman–Crippen MR) is 119 cm³/mol. The molecule has 3 fully saturated rings. The zero-order valence-electron chi connectivity index (χ0n) is 18.6. The van der Waals surface area contributed by atoms with Crippen molar-refractivity contribution in [2.75, 3.05) is 0 Å². The fraction of sp³-hybridized carbons (Fsp3) is 0.625. The van der Waals surface area contributed by atoms with Crippen molar-refractivity contribution in [1.29, 1.82) is 0 Å². The van der Waals surface area contributed by atoms with Gasteiger partial charge < -0.3 is 10.6 Å². The van der Waals surface area contributed by atoms with Crippen molar-refractivity contribution in [1.82, 2.24) is 19.7 Å². The number of Topliss-reactive ketones (excluding diaryl/α,β-unsaturated/α-hetero) is 1. The summed E-state index contributed by atoms with van der Waals surface area (Å²) < 4.78 is 1.49. The summed E-state index contributed by atoms with van der Waals surface area (Å²) in [7, 11) is 0. The summed E-state index contributed by atoms with van der Waals surface area (Å²) in [5.74, 6) is 1.28. The zero-order valence-corrected chi connectivity index (χ0v) is 18.6. The summed E-state index contributed by atoms with van der Waals surface area (Å²) >= 11 is 0. The normalized spacial score (nSPS) is 29.2. The molecule has 0 spiro atoms. The minimum atomic E-state index is -0.638. The van der Waals surface area contributed by atoms with Gasteiger partial charge in [-0.3, -0.25) is 24.0 Å². The highest BCUT2D eigenvalue weighted by molar-refractivity contribution is 6.04. The van der Waals surface area contributed by atoms with Crippen LogP contribution in [0.15, 0.2) is 18.5 Å². The molecule has 5 rings (SSSR count). The van der Waals surface area contributed by atoms with Gasteiger partial charge in [0, 0.05) is 24.0 Å². The molecule has 5 atom stereocenters. The number of carbonyl (C=O) groups excluding carboxylic acids is 3. The number of aromatic nitrogens is 3. The second-order valence-electron chi connectivity index (χ2n) is 10.0. The van der Waals surface area contributed by atoms with Gasteiger partial charge in [-0.2, -0.15) is 5.10 Å². The Labute approximate surface area is 187 Å². The number of hydrogen-bond acceptors (Lipinski definition) is 5. The SMILES string of the molecule is CC1CCCC(CCC(=O)[C@@H]2C[C@H]3C[C@H]3N2C(=O)Cn2nc(C(N)=O)c3ccncc32)C1. The molecular weight excluding hydrogens is 406 g/mol. The minimum Gasteiger partial charge on any atom is -0.364 e. The van der Waals surface area contributed by atoms with Crippen LogP contribution in [-0.4, -0.2) is 49.3 Å². The van der Waals surface area contributed by atoms with E-state index >= 15 is 0 Å². The molecule has 8 heteroatoms. The lowest BCUT2D eigenvalue weighted by molar-refractivity contribution is -0.139. The number of likely N-dealkylation sites (tertiary alicyclic amines) is 1. The highest BCUT2D eigenvalue weighted by atomic mass is 16.2. The van der Waals surface area contributed by atoms with Gasteiger partial charge in [-0.05, 0) is 49.5 Å². The number of fused-ring (bicyclic) bond motifs is 2. The maximum atomic E-state index is 13.3. The first-order valence-corrected chi connectivity index (χ1v) is 11.9. The van der Waals surface area contributed by atoms with E-state index in [4.69, 9.17) is 5.73 Å². The fourth-order valence-electron chi connectivity index (χ4n) is 5.97. The van der Waals surface area contributed by atoms with Crippen molar-refractivity contribution in [3.63, 3.8) is 0 Å². The van der Waals surface area contributed by atoms with Gasteiger partial charge in [-0.1, -0.05) is 26.2 Å². The largest absolute Gasteiger partial charge is 0.364 e. The van der Waals surface area contributed by atoms with Crippen LogP contribution < -0.4 is 5.73 Å². The third-order valence-electron chi connectivity index (χ3n) is 7.68. The monoisotopic (exact) mass is 437 g/mol. The summed E-state index contributed by atoms with van der Waals surface area (Å²) in [6.07, 6.45) is 11.4. The van der Waals surface area contributed by atoms with Crippen LogP contribution in [0.2, 0.25) is 0 Å². The Morgan fingerprint density at radius 1 is 1.19 bits per heavy atom. The molecule has 2 aromatic rings. The van der Waals surface area contributed by atoms with E-state index in [0.717, 1.165) is 25.2 Å². The molecular formula is C24H31N5O3. The Morgan fingerprint density at radius 3 is 2.81 bits per heavy atom. The van der Waals surface area contributed by atoms with E-state index in [-0.39, 0.29) is 36.0 Å². The molecule has 170 valence electrons. The van der Waals surface area contributed by atoms with Crippen LogP contribution in [-0.2, 0) is 16.1 Å². The van der Waals surface area contributed by atoms with Crippen LogP contribution in [0.1, 0.15) is 68.8 Å². The van der Waals surface area contributed by atoms with E-state index in [1.165, 1.54) is 30.4 Å². The first-order valence-electron chi connectivity index (χ1n) is 11.9. The Balaban J connectivity index is 1.28. The number of nitrogens with zero attached hydrogens (tertiary/aromatic N) is 4. The Bertz CT molecular complexity index is 1060. The zero-order chi connectivity index (χ0) is 22.4. The molecule has 0 bridgehead atoms. The number of rotatable bonds is 7. The van der Waals surface area contributed by atoms with Crippen LogP contribution in [0.3, 0.4) is 0 Å². The van der Waals surface area contributed by atoms with Gasteiger partial charge in [-0.15, -0.1) is 0 Å². The Kier molecular flexibility index (Phi) is 5.47. The number of ketones is 1. The van der Waals surface area contributed by atoms with Crippen LogP contribution in [0.25, 0.3) is 10.9 Å². The van der Waals surface area contributed by atoms with Gasteiger partial charge in [-0.25, -0.2) is 0 Å².